The van der Waals surface area contributed by atoms with Crippen LogP contribution in [0.3, 0.4) is 0 Å². The van der Waals surface area contributed by atoms with E-state index in [0.717, 1.165) is 0 Å². The quantitative estimate of drug-likeness (QED) is 0.203. The van der Waals surface area contributed by atoms with Gasteiger partial charge in [-0.15, -0.1) is 0 Å². The summed E-state index contributed by atoms with van der Waals surface area (Å²) in [7, 11) is -0.366. The molecule has 0 heterocycles. The predicted octanol–water partition coefficient (Wildman–Crippen LogP) is -4.60. The van der Waals surface area contributed by atoms with Crippen LogP contribution in [0.2, 0.25) is 0 Å². The molecule has 0 nitrogen and oxygen atoms in total. The molecule has 0 aliphatic heterocycles. The number of halogens is 3. The van der Waals surface area contributed by atoms with E-state index in [-0.39, 0.29) is 68.5 Å². The Hall–Kier alpha value is 0.371. The van der Waals surface area contributed by atoms with Crippen molar-refractivity contribution in [2.24, 2.45) is 0 Å². The Morgan fingerprint density at radius 3 is 2.07 bits per heavy atom. The Bertz CT molecular complexity index is 620. The van der Waals surface area contributed by atoms with E-state index in [1.54, 1.807) is 21.5 Å². The fraction of sp³-hybridized carbons (Fsp3) is 0.500. The van der Waals surface area contributed by atoms with Crippen molar-refractivity contribution in [1.82, 2.24) is 0 Å². The van der Waals surface area contributed by atoms with Gasteiger partial charge in [-0.05, 0) is 19.8 Å². The van der Waals surface area contributed by atoms with Gasteiger partial charge in [-0.1, -0.05) is 87.4 Å². The van der Waals surface area contributed by atoms with Gasteiger partial charge in [0.2, 0.25) is 0 Å². The Morgan fingerprint density at radius 1 is 0.963 bits per heavy atom. The van der Waals surface area contributed by atoms with Gasteiger partial charge in [0.05, 0.1) is 0 Å². The van der Waals surface area contributed by atoms with Crippen molar-refractivity contribution < 1.29 is 58.9 Å². The molecule has 27 heavy (non-hydrogen) atoms. The maximum absolute atomic E-state index is 2.45. The largest absolute Gasteiger partial charge is 4.00 e. The van der Waals surface area contributed by atoms with Crippen molar-refractivity contribution in [2.75, 3.05) is 0 Å². The monoisotopic (exact) mass is 478 g/mol. The second kappa shape index (κ2) is 16.2. The van der Waals surface area contributed by atoms with E-state index in [1.807, 2.05) is 0 Å². The van der Waals surface area contributed by atoms with Crippen LogP contribution >= 0.6 is 0 Å². The summed E-state index contributed by atoms with van der Waals surface area (Å²) in [5.74, 6) is 0.704. The van der Waals surface area contributed by atoms with Crippen LogP contribution in [0, 0.1) is 13.8 Å². The SMILES string of the molecule is CCCCC[c-]1ccc([SiH2]c2cc(C)cc(C)c2)c1C(C)CC.[Cl-].[Cl-].[Cl-].[Ti+4]. The van der Waals surface area contributed by atoms with E-state index in [2.05, 4.69) is 65.0 Å². The number of rotatable bonds is 8. The molecule has 150 valence electrons. The van der Waals surface area contributed by atoms with E-state index >= 15 is 0 Å². The smallest absolute Gasteiger partial charge is 1.00 e. The topological polar surface area (TPSA) is 0 Å². The summed E-state index contributed by atoms with van der Waals surface area (Å²) >= 11 is 0. The minimum atomic E-state index is -0.366. The maximum atomic E-state index is 2.45. The summed E-state index contributed by atoms with van der Waals surface area (Å²) in [6.45, 7) is 11.5. The van der Waals surface area contributed by atoms with Gasteiger partial charge < -0.3 is 37.2 Å². The molecule has 5 heteroatoms. The molecule has 2 rings (SSSR count). The van der Waals surface area contributed by atoms with E-state index in [4.69, 9.17) is 0 Å². The van der Waals surface area contributed by atoms with Gasteiger partial charge >= 0.3 is 21.7 Å². The third-order valence-corrected chi connectivity index (χ3v) is 6.82. The zero-order chi connectivity index (χ0) is 16.8. The van der Waals surface area contributed by atoms with Crippen LogP contribution in [0.5, 0.6) is 0 Å². The van der Waals surface area contributed by atoms with E-state index in [0.29, 0.717) is 5.92 Å². The van der Waals surface area contributed by atoms with Gasteiger partial charge in [0.15, 0.2) is 0 Å². The summed E-state index contributed by atoms with van der Waals surface area (Å²) in [6, 6.07) is 12.0. The van der Waals surface area contributed by atoms with Gasteiger partial charge in [0, 0.05) is 9.52 Å². The molecule has 0 bridgehead atoms. The summed E-state index contributed by atoms with van der Waals surface area (Å²) in [6.07, 6.45) is 6.53. The molecule has 0 saturated carbocycles. The van der Waals surface area contributed by atoms with Crippen molar-refractivity contribution >= 4 is 19.9 Å². The Kier molecular flexibility index (Phi) is 19.2. The number of hydrogen-bond donors (Lipinski definition) is 0. The van der Waals surface area contributed by atoms with Crippen LogP contribution in [0.15, 0.2) is 30.3 Å². The van der Waals surface area contributed by atoms with Gasteiger partial charge in [-0.25, -0.2) is 6.07 Å². The molecule has 0 spiro atoms. The molecule has 0 fully saturated rings. The molecule has 0 saturated heterocycles. The van der Waals surface area contributed by atoms with Crippen molar-refractivity contribution in [2.45, 2.75) is 72.6 Å². The van der Waals surface area contributed by atoms with E-state index < -0.39 is 0 Å². The molecule has 1 unspecified atom stereocenters. The zero-order valence-electron chi connectivity index (χ0n) is 17.3. The average molecular weight is 480 g/mol. The van der Waals surface area contributed by atoms with Crippen molar-refractivity contribution in [1.29, 1.82) is 0 Å². The minimum Gasteiger partial charge on any atom is -1.00 e. The molecule has 2 aromatic rings. The van der Waals surface area contributed by atoms with Gasteiger partial charge in [0.25, 0.3) is 0 Å². The minimum absolute atomic E-state index is 0. The van der Waals surface area contributed by atoms with Crippen LogP contribution in [0.4, 0.5) is 0 Å². The summed E-state index contributed by atoms with van der Waals surface area (Å²) in [5.41, 5.74) is 6.16. The molecular formula is C22H33Cl3SiTi. The molecule has 0 aromatic heterocycles. The molecular weight excluding hydrogens is 447 g/mol. The average Bonchev–Trinajstić information content (AvgIpc) is 2.88. The first-order valence-corrected chi connectivity index (χ1v) is 10.8. The predicted molar refractivity (Wildman–Crippen MR) is 108 cm³/mol. The number of unbranched alkanes of at least 4 members (excludes halogenated alkanes) is 2. The van der Waals surface area contributed by atoms with Gasteiger partial charge in [-0.2, -0.15) is 22.4 Å². The van der Waals surface area contributed by atoms with Crippen molar-refractivity contribution in [3.8, 4) is 0 Å². The van der Waals surface area contributed by atoms with Crippen LogP contribution in [-0.2, 0) is 28.1 Å². The standard InChI is InChI=1S/C22H33Si.3ClH.Ti/c1-6-8-9-10-19-11-12-21(22(19)18(5)7-2)23-20-14-16(3)13-17(4)15-20;;;;/h11-15,18H,6-10,23H2,1-5H3;3*1H;/q-1;;;;+4/p-3. The van der Waals surface area contributed by atoms with Crippen LogP contribution < -0.4 is 47.6 Å². The second-order valence-electron chi connectivity index (χ2n) is 7.24. The van der Waals surface area contributed by atoms with Crippen molar-refractivity contribution in [3.63, 3.8) is 0 Å². The fourth-order valence-electron chi connectivity index (χ4n) is 3.75. The Morgan fingerprint density at radius 2 is 1.56 bits per heavy atom. The molecule has 2 aromatic carbocycles. The Labute approximate surface area is 203 Å². The molecule has 0 aliphatic carbocycles. The molecule has 0 radical (unpaired) electrons. The fourth-order valence-corrected chi connectivity index (χ4v) is 6.04. The van der Waals surface area contributed by atoms with E-state index in [9.17, 15) is 0 Å². The number of aryl methyl sites for hydroxylation is 3. The third-order valence-electron chi connectivity index (χ3n) is 5.01. The van der Waals surface area contributed by atoms with Crippen LogP contribution in [0.25, 0.3) is 0 Å². The first kappa shape index (κ1) is 32.0. The Balaban J connectivity index is -0.00000144. The molecule has 1 atom stereocenters. The second-order valence-corrected chi connectivity index (χ2v) is 9.17. The van der Waals surface area contributed by atoms with Crippen LogP contribution in [-0.4, -0.2) is 9.52 Å². The molecule has 0 amide bonds. The third kappa shape index (κ3) is 9.61. The summed E-state index contributed by atoms with van der Waals surface area (Å²) in [5, 5.41) is 3.29. The van der Waals surface area contributed by atoms with E-state index in [1.165, 1.54) is 43.2 Å². The first-order chi connectivity index (χ1) is 11.0. The summed E-state index contributed by atoms with van der Waals surface area (Å²) in [4.78, 5) is 0. The summed E-state index contributed by atoms with van der Waals surface area (Å²) < 4.78 is 0. The normalized spacial score (nSPS) is 11.1. The van der Waals surface area contributed by atoms with Crippen molar-refractivity contribution in [3.05, 3.63) is 52.6 Å². The number of hydrogen-bond acceptors (Lipinski definition) is 0. The number of benzene rings is 1. The molecule has 0 N–H and O–H groups in total. The first-order valence-electron chi connectivity index (χ1n) is 9.39. The van der Waals surface area contributed by atoms with Gasteiger partial charge in [-0.3, -0.25) is 0 Å². The van der Waals surface area contributed by atoms with Crippen LogP contribution in [0.1, 0.15) is 74.6 Å². The molecule has 0 aliphatic rings. The van der Waals surface area contributed by atoms with Gasteiger partial charge in [0.1, 0.15) is 0 Å². The zero-order valence-corrected chi connectivity index (χ0v) is 22.6. The maximum Gasteiger partial charge on any atom is 4.00 e.